The maximum atomic E-state index is 12.7. The largest absolute Gasteiger partial charge is 0.367 e. The molecule has 2 aromatic rings. The van der Waals surface area contributed by atoms with E-state index >= 15 is 0 Å². The van der Waals surface area contributed by atoms with E-state index < -0.39 is 0 Å². The van der Waals surface area contributed by atoms with Crippen LogP contribution in [0.2, 0.25) is 10.0 Å². The van der Waals surface area contributed by atoms with Gasteiger partial charge in [-0.05, 0) is 30.7 Å². The Kier molecular flexibility index (Phi) is 5.32. The Bertz CT molecular complexity index is 713. The topological polar surface area (TPSA) is 23.6 Å². The summed E-state index contributed by atoms with van der Waals surface area (Å²) in [6.07, 6.45) is 0. The molecule has 1 saturated heterocycles. The van der Waals surface area contributed by atoms with Gasteiger partial charge in [-0.2, -0.15) is 0 Å². The number of hydrogen-bond donors (Lipinski definition) is 0. The van der Waals surface area contributed by atoms with Crippen LogP contribution in [0.5, 0.6) is 0 Å². The van der Waals surface area contributed by atoms with Crippen molar-refractivity contribution in [1.29, 1.82) is 0 Å². The second kappa shape index (κ2) is 7.45. The number of benzene rings is 2. The first-order chi connectivity index (χ1) is 11.6. The van der Waals surface area contributed by atoms with Gasteiger partial charge in [-0.3, -0.25) is 4.79 Å². The summed E-state index contributed by atoms with van der Waals surface area (Å²) in [6.45, 7) is 4.92. The third-order valence-electron chi connectivity index (χ3n) is 4.51. The zero-order valence-electron chi connectivity index (χ0n) is 13.6. The van der Waals surface area contributed by atoms with Gasteiger partial charge in [-0.15, -0.1) is 0 Å². The molecule has 1 fully saturated rings. The van der Waals surface area contributed by atoms with Crippen LogP contribution in [0.15, 0.2) is 48.5 Å². The van der Waals surface area contributed by atoms with Crippen molar-refractivity contribution in [1.82, 2.24) is 4.90 Å². The number of carbonyl (C=O) groups is 1. The minimum Gasteiger partial charge on any atom is -0.367 e. The van der Waals surface area contributed by atoms with E-state index in [4.69, 9.17) is 23.2 Å². The fraction of sp³-hybridized carbons (Fsp3) is 0.316. The van der Waals surface area contributed by atoms with Gasteiger partial charge in [0.05, 0.1) is 16.6 Å². The number of hydrogen-bond acceptors (Lipinski definition) is 2. The Morgan fingerprint density at radius 1 is 1.00 bits per heavy atom. The standard InChI is InChI=1S/C19H20Cl2N2O/c1-14(15-5-3-2-4-6-15)19(24)23-11-9-22(10-12-23)18-8-7-16(20)13-17(18)21/h2-8,13-14H,9-12H2,1H3. The summed E-state index contributed by atoms with van der Waals surface area (Å²) in [5.74, 6) is 0.0694. The van der Waals surface area contributed by atoms with Crippen molar-refractivity contribution in [3.05, 3.63) is 64.1 Å². The van der Waals surface area contributed by atoms with Crippen LogP contribution in [-0.2, 0) is 4.79 Å². The van der Waals surface area contributed by atoms with Crippen molar-refractivity contribution in [3.63, 3.8) is 0 Å². The maximum absolute atomic E-state index is 12.7. The molecule has 1 amide bonds. The molecule has 1 heterocycles. The Morgan fingerprint density at radius 2 is 1.67 bits per heavy atom. The number of halogens is 2. The van der Waals surface area contributed by atoms with Gasteiger partial charge in [0.15, 0.2) is 0 Å². The van der Waals surface area contributed by atoms with E-state index in [1.165, 1.54) is 0 Å². The quantitative estimate of drug-likeness (QED) is 0.805. The van der Waals surface area contributed by atoms with E-state index in [1.807, 2.05) is 54.3 Å². The Morgan fingerprint density at radius 3 is 2.29 bits per heavy atom. The minimum atomic E-state index is -0.114. The highest BCUT2D eigenvalue weighted by Crippen LogP contribution is 2.30. The minimum absolute atomic E-state index is 0.114. The number of rotatable bonds is 3. The highest BCUT2D eigenvalue weighted by Gasteiger charge is 2.26. The third kappa shape index (κ3) is 3.68. The second-order valence-electron chi connectivity index (χ2n) is 6.04. The number of nitrogens with zero attached hydrogens (tertiary/aromatic N) is 2. The molecular formula is C19H20Cl2N2O. The van der Waals surface area contributed by atoms with E-state index in [0.717, 1.165) is 24.3 Å². The second-order valence-corrected chi connectivity index (χ2v) is 6.88. The summed E-state index contributed by atoms with van der Waals surface area (Å²) in [5, 5.41) is 1.29. The molecule has 3 nitrogen and oxygen atoms in total. The average Bonchev–Trinajstić information content (AvgIpc) is 2.61. The molecular weight excluding hydrogens is 343 g/mol. The molecule has 2 aromatic carbocycles. The van der Waals surface area contributed by atoms with Gasteiger partial charge in [0.2, 0.25) is 5.91 Å². The fourth-order valence-electron chi connectivity index (χ4n) is 3.06. The lowest BCUT2D eigenvalue weighted by molar-refractivity contribution is -0.132. The van der Waals surface area contributed by atoms with Crippen LogP contribution in [0.4, 0.5) is 5.69 Å². The van der Waals surface area contributed by atoms with Crippen molar-refractivity contribution < 1.29 is 4.79 Å². The number of carbonyl (C=O) groups excluding carboxylic acids is 1. The van der Waals surface area contributed by atoms with Gasteiger partial charge in [-0.25, -0.2) is 0 Å². The highest BCUT2D eigenvalue weighted by molar-refractivity contribution is 6.36. The summed E-state index contributed by atoms with van der Waals surface area (Å²) in [6, 6.07) is 15.5. The van der Waals surface area contributed by atoms with Crippen LogP contribution >= 0.6 is 23.2 Å². The zero-order chi connectivity index (χ0) is 17.1. The normalized spacial score (nSPS) is 16.1. The lowest BCUT2D eigenvalue weighted by Crippen LogP contribution is -2.49. The van der Waals surface area contributed by atoms with E-state index in [2.05, 4.69) is 4.90 Å². The van der Waals surface area contributed by atoms with Crippen LogP contribution in [0, 0.1) is 0 Å². The van der Waals surface area contributed by atoms with Crippen molar-refractivity contribution in [2.45, 2.75) is 12.8 Å². The molecule has 0 N–H and O–H groups in total. The van der Waals surface area contributed by atoms with Gasteiger partial charge in [0.1, 0.15) is 0 Å². The van der Waals surface area contributed by atoms with Gasteiger partial charge in [-0.1, -0.05) is 53.5 Å². The first-order valence-corrected chi connectivity index (χ1v) is 8.85. The SMILES string of the molecule is CC(C(=O)N1CCN(c2ccc(Cl)cc2Cl)CC1)c1ccccc1. The Balaban J connectivity index is 1.63. The fourth-order valence-corrected chi connectivity index (χ4v) is 3.59. The van der Waals surface area contributed by atoms with Gasteiger partial charge < -0.3 is 9.80 Å². The van der Waals surface area contributed by atoms with Crippen molar-refractivity contribution >= 4 is 34.8 Å². The molecule has 1 aliphatic rings. The zero-order valence-corrected chi connectivity index (χ0v) is 15.1. The van der Waals surface area contributed by atoms with E-state index in [9.17, 15) is 4.79 Å². The van der Waals surface area contributed by atoms with Gasteiger partial charge in [0, 0.05) is 31.2 Å². The van der Waals surface area contributed by atoms with Crippen LogP contribution in [0.1, 0.15) is 18.4 Å². The van der Waals surface area contributed by atoms with E-state index in [-0.39, 0.29) is 11.8 Å². The molecule has 3 rings (SSSR count). The predicted octanol–water partition coefficient (Wildman–Crippen LogP) is 4.45. The van der Waals surface area contributed by atoms with E-state index in [1.54, 1.807) is 6.07 Å². The first kappa shape index (κ1) is 17.1. The van der Waals surface area contributed by atoms with Crippen LogP contribution < -0.4 is 4.90 Å². The number of amides is 1. The summed E-state index contributed by atoms with van der Waals surface area (Å²) in [4.78, 5) is 16.9. The summed E-state index contributed by atoms with van der Waals surface area (Å²) in [5.41, 5.74) is 2.04. The summed E-state index contributed by atoms with van der Waals surface area (Å²) < 4.78 is 0. The highest BCUT2D eigenvalue weighted by atomic mass is 35.5. The molecule has 0 bridgehead atoms. The predicted molar refractivity (Wildman–Crippen MR) is 100 cm³/mol. The third-order valence-corrected chi connectivity index (χ3v) is 5.05. The molecule has 126 valence electrons. The lowest BCUT2D eigenvalue weighted by Gasteiger charge is -2.37. The maximum Gasteiger partial charge on any atom is 0.229 e. The van der Waals surface area contributed by atoms with Crippen LogP contribution in [0.3, 0.4) is 0 Å². The van der Waals surface area contributed by atoms with E-state index in [0.29, 0.717) is 23.1 Å². The molecule has 0 aromatic heterocycles. The van der Waals surface area contributed by atoms with Gasteiger partial charge in [0.25, 0.3) is 0 Å². The Hall–Kier alpha value is -1.71. The molecule has 0 spiro atoms. The summed E-state index contributed by atoms with van der Waals surface area (Å²) in [7, 11) is 0. The molecule has 0 radical (unpaired) electrons. The van der Waals surface area contributed by atoms with Crippen LogP contribution in [0.25, 0.3) is 0 Å². The molecule has 1 aliphatic heterocycles. The van der Waals surface area contributed by atoms with Gasteiger partial charge >= 0.3 is 0 Å². The van der Waals surface area contributed by atoms with Crippen molar-refractivity contribution in [3.8, 4) is 0 Å². The molecule has 1 atom stereocenters. The molecule has 5 heteroatoms. The molecule has 0 saturated carbocycles. The monoisotopic (exact) mass is 362 g/mol. The van der Waals surface area contributed by atoms with Crippen molar-refractivity contribution in [2.24, 2.45) is 0 Å². The first-order valence-electron chi connectivity index (χ1n) is 8.10. The number of piperazine rings is 1. The van der Waals surface area contributed by atoms with Crippen molar-refractivity contribution in [2.75, 3.05) is 31.1 Å². The lowest BCUT2D eigenvalue weighted by atomic mass is 9.99. The smallest absolute Gasteiger partial charge is 0.229 e. The summed E-state index contributed by atoms with van der Waals surface area (Å²) >= 11 is 12.2. The Labute approximate surface area is 152 Å². The average molecular weight is 363 g/mol. The molecule has 1 unspecified atom stereocenters. The molecule has 24 heavy (non-hydrogen) atoms. The molecule has 0 aliphatic carbocycles. The number of anilines is 1. The van der Waals surface area contributed by atoms with Crippen LogP contribution in [-0.4, -0.2) is 37.0 Å².